The third-order valence-corrected chi connectivity index (χ3v) is 11.3. The summed E-state index contributed by atoms with van der Waals surface area (Å²) >= 11 is -0.736. The van der Waals surface area contributed by atoms with Gasteiger partial charge in [-0.15, -0.1) is 0 Å². The summed E-state index contributed by atoms with van der Waals surface area (Å²) in [6.45, 7) is 2.35. The van der Waals surface area contributed by atoms with Gasteiger partial charge in [0.05, 0.1) is 0 Å². The molecule has 0 saturated heterocycles. The quantitative estimate of drug-likeness (QED) is 0.378. The first-order chi connectivity index (χ1) is 14.8. The fraction of sp³-hybridized carbons (Fsp3) is 0.103. The molecule has 2 atom stereocenters. The van der Waals surface area contributed by atoms with E-state index in [-0.39, 0.29) is 24.8 Å². The minimum absolute atomic E-state index is 0. The van der Waals surface area contributed by atoms with Gasteiger partial charge in [-0.3, -0.25) is 0 Å². The van der Waals surface area contributed by atoms with Crippen molar-refractivity contribution in [1.29, 1.82) is 0 Å². The zero-order valence-corrected chi connectivity index (χ0v) is 21.7. The summed E-state index contributed by atoms with van der Waals surface area (Å²) in [5.74, 6) is 0. The van der Waals surface area contributed by atoms with Crippen LogP contribution >= 0.6 is 0 Å². The molecule has 2 aliphatic carbocycles. The number of hydrogen-bond donors (Lipinski definition) is 0. The molecule has 2 unspecified atom stereocenters. The van der Waals surface area contributed by atoms with Gasteiger partial charge in [-0.25, -0.2) is 0 Å². The Kier molecular flexibility index (Phi) is 6.92. The normalized spacial score (nSPS) is 17.6. The van der Waals surface area contributed by atoms with Gasteiger partial charge in [-0.1, -0.05) is 0 Å². The second-order valence-electron chi connectivity index (χ2n) is 8.29. The van der Waals surface area contributed by atoms with E-state index in [1.807, 2.05) is 0 Å². The number of fused-ring (bicyclic) bond motifs is 3. The number of halogens is 2. The third-order valence-electron chi connectivity index (χ3n) is 6.50. The van der Waals surface area contributed by atoms with Crippen LogP contribution < -0.4 is 24.8 Å². The van der Waals surface area contributed by atoms with E-state index in [1.165, 1.54) is 33.0 Å². The van der Waals surface area contributed by atoms with Crippen LogP contribution in [0.25, 0.3) is 34.1 Å². The molecule has 6 rings (SSSR count). The molecule has 4 aromatic rings. The second-order valence-corrected chi connectivity index (χ2v) is 12.1. The molecule has 0 fully saturated rings. The van der Waals surface area contributed by atoms with Crippen LogP contribution in [0, 0.1) is 0 Å². The first-order valence-electron chi connectivity index (χ1n) is 10.6. The van der Waals surface area contributed by atoms with Gasteiger partial charge in [0.25, 0.3) is 0 Å². The fourth-order valence-corrected chi connectivity index (χ4v) is 9.43. The standard InChI is InChI=1S/C20H15.C9H7.2ClH.Zr/c1-14-12-16-8-5-11-19(20(16)13-14)18-10-4-7-15-6-2-3-9-17(15)18;1-2-5-9-7-3-6-8(9)4-1;;;/h2-13H,1H3;1-7H;2*1H;/q;;;;+2/p-2. The van der Waals surface area contributed by atoms with E-state index in [0.29, 0.717) is 7.25 Å². The largest absolute Gasteiger partial charge is 1.00 e. The molecular weight excluding hydrogens is 510 g/mol. The molecule has 3 heteroatoms. The zero-order valence-electron chi connectivity index (χ0n) is 17.7. The fourth-order valence-electron chi connectivity index (χ4n) is 5.04. The molecule has 0 nitrogen and oxygen atoms in total. The molecule has 2 aliphatic rings. The second kappa shape index (κ2) is 9.52. The van der Waals surface area contributed by atoms with E-state index in [9.17, 15) is 0 Å². The van der Waals surface area contributed by atoms with E-state index in [0.717, 1.165) is 0 Å². The molecule has 0 saturated carbocycles. The van der Waals surface area contributed by atoms with Crippen molar-refractivity contribution in [2.24, 2.45) is 0 Å². The van der Waals surface area contributed by atoms with Gasteiger partial charge in [0, 0.05) is 0 Å². The predicted octanol–water partition coefficient (Wildman–Crippen LogP) is 1.82. The maximum atomic E-state index is 2.47. The molecule has 0 N–H and O–H groups in total. The average Bonchev–Trinajstić information content (AvgIpc) is 3.34. The van der Waals surface area contributed by atoms with Crippen LogP contribution in [0.3, 0.4) is 0 Å². The zero-order chi connectivity index (χ0) is 20.1. The van der Waals surface area contributed by atoms with Gasteiger partial charge >= 0.3 is 190 Å². The molecule has 0 amide bonds. The third kappa shape index (κ3) is 3.86. The molecule has 0 aliphatic heterocycles. The maximum Gasteiger partial charge on any atom is -1.00 e. The molecule has 4 aromatic carbocycles. The van der Waals surface area contributed by atoms with Gasteiger partial charge in [0.15, 0.2) is 0 Å². The Morgan fingerprint density at radius 2 is 1.38 bits per heavy atom. The minimum atomic E-state index is -0.736. The topological polar surface area (TPSA) is 0 Å². The van der Waals surface area contributed by atoms with Gasteiger partial charge < -0.3 is 24.8 Å². The van der Waals surface area contributed by atoms with Crippen molar-refractivity contribution < 1.29 is 48.0 Å². The van der Waals surface area contributed by atoms with Crippen molar-refractivity contribution in [2.45, 2.75) is 14.2 Å². The Bertz CT molecular complexity index is 1350. The van der Waals surface area contributed by atoms with Crippen LogP contribution in [0.4, 0.5) is 0 Å². The number of rotatable bonds is 3. The molecule has 0 spiro atoms. The van der Waals surface area contributed by atoms with E-state index in [2.05, 4.69) is 110 Å². The molecule has 156 valence electrons. The van der Waals surface area contributed by atoms with Crippen molar-refractivity contribution in [3.05, 3.63) is 119 Å². The summed E-state index contributed by atoms with van der Waals surface area (Å²) in [6.07, 6.45) is 7.28. The van der Waals surface area contributed by atoms with Crippen molar-refractivity contribution in [2.75, 3.05) is 0 Å². The van der Waals surface area contributed by atoms with Crippen LogP contribution in [0.2, 0.25) is 0 Å². The van der Waals surface area contributed by atoms with Crippen LogP contribution in [0.1, 0.15) is 36.4 Å². The van der Waals surface area contributed by atoms with Gasteiger partial charge in [0.2, 0.25) is 0 Å². The molecular formula is C29H22Cl2Zr. The first-order valence-corrected chi connectivity index (χ1v) is 13.5. The SMILES string of the molecule is CC1=Cc2c(-c3cccc4ccccc34)cccc2[CH]1[Zr+2][CH]1C=Cc2ccccc21.[Cl-].[Cl-]. The Balaban J connectivity index is 0.00000122. The molecule has 32 heavy (non-hydrogen) atoms. The van der Waals surface area contributed by atoms with E-state index >= 15 is 0 Å². The van der Waals surface area contributed by atoms with Crippen molar-refractivity contribution in [1.82, 2.24) is 0 Å². The van der Waals surface area contributed by atoms with E-state index in [1.54, 1.807) is 16.7 Å². The summed E-state index contributed by atoms with van der Waals surface area (Å²) in [4.78, 5) is 0. The molecule has 0 radical (unpaired) electrons. The Hall–Kier alpha value is -1.92. The molecule has 0 heterocycles. The maximum absolute atomic E-state index is 2.47. The smallest absolute Gasteiger partial charge is 1.00 e. The van der Waals surface area contributed by atoms with E-state index in [4.69, 9.17) is 0 Å². The number of allylic oxidation sites excluding steroid dienone is 2. The van der Waals surface area contributed by atoms with Gasteiger partial charge in [-0.05, 0) is 0 Å². The summed E-state index contributed by atoms with van der Waals surface area (Å²) in [6, 6.07) is 31.3. The monoisotopic (exact) mass is 530 g/mol. The van der Waals surface area contributed by atoms with Crippen LogP contribution in [-0.2, 0) is 23.2 Å². The number of benzene rings is 4. The molecule has 0 aromatic heterocycles. The van der Waals surface area contributed by atoms with Crippen molar-refractivity contribution >= 4 is 22.9 Å². The summed E-state index contributed by atoms with van der Waals surface area (Å²) in [7, 11) is 0. The number of hydrogen-bond acceptors (Lipinski definition) is 0. The predicted molar refractivity (Wildman–Crippen MR) is 124 cm³/mol. The Morgan fingerprint density at radius 3 is 2.28 bits per heavy atom. The van der Waals surface area contributed by atoms with Crippen LogP contribution in [0.15, 0.2) is 96.6 Å². The Labute approximate surface area is 213 Å². The van der Waals surface area contributed by atoms with E-state index < -0.39 is 23.2 Å². The van der Waals surface area contributed by atoms with Crippen LogP contribution in [0.5, 0.6) is 0 Å². The molecule has 0 bridgehead atoms. The van der Waals surface area contributed by atoms with Gasteiger partial charge in [0.1, 0.15) is 0 Å². The van der Waals surface area contributed by atoms with Crippen molar-refractivity contribution in [3.63, 3.8) is 0 Å². The summed E-state index contributed by atoms with van der Waals surface area (Å²) in [5.41, 5.74) is 10.3. The first kappa shape index (κ1) is 23.2. The van der Waals surface area contributed by atoms with Gasteiger partial charge in [-0.2, -0.15) is 0 Å². The van der Waals surface area contributed by atoms with Crippen molar-refractivity contribution in [3.8, 4) is 11.1 Å². The minimum Gasteiger partial charge on any atom is -1.00 e. The summed E-state index contributed by atoms with van der Waals surface area (Å²) in [5, 5.41) is 2.66. The summed E-state index contributed by atoms with van der Waals surface area (Å²) < 4.78 is 1.32. The Morgan fingerprint density at radius 1 is 0.688 bits per heavy atom. The van der Waals surface area contributed by atoms with Crippen LogP contribution in [-0.4, -0.2) is 0 Å². The average molecular weight is 533 g/mol.